The number of ketones is 1. The summed E-state index contributed by atoms with van der Waals surface area (Å²) in [5.41, 5.74) is -0.820. The number of ether oxygens (including phenoxy) is 1. The van der Waals surface area contributed by atoms with E-state index in [1.165, 1.54) is 13.8 Å². The SMILES string of the molecule is CC(C)(NC(=O)c1c(F)cccc1F)C(=O)c1ccc(C2CC2OC=O)cc1. The van der Waals surface area contributed by atoms with E-state index >= 15 is 0 Å². The third kappa shape index (κ3) is 3.93. The Morgan fingerprint density at radius 3 is 2.29 bits per heavy atom. The van der Waals surface area contributed by atoms with Crippen LogP contribution in [0.3, 0.4) is 0 Å². The van der Waals surface area contributed by atoms with Gasteiger partial charge in [-0.25, -0.2) is 8.78 Å². The van der Waals surface area contributed by atoms with Crippen LogP contribution in [0.4, 0.5) is 8.78 Å². The van der Waals surface area contributed by atoms with Crippen molar-refractivity contribution in [1.82, 2.24) is 5.32 Å². The number of carbonyl (C=O) groups is 3. The average molecular weight is 387 g/mol. The van der Waals surface area contributed by atoms with Crippen LogP contribution in [0.1, 0.15) is 52.5 Å². The molecule has 1 saturated carbocycles. The molecule has 28 heavy (non-hydrogen) atoms. The number of hydrogen-bond acceptors (Lipinski definition) is 4. The van der Waals surface area contributed by atoms with E-state index in [1.54, 1.807) is 24.3 Å². The van der Waals surface area contributed by atoms with Crippen LogP contribution in [0.15, 0.2) is 42.5 Å². The van der Waals surface area contributed by atoms with Gasteiger partial charge in [-0.05, 0) is 38.0 Å². The molecule has 146 valence electrons. The number of rotatable bonds is 7. The molecule has 0 radical (unpaired) electrons. The molecule has 0 heterocycles. The highest BCUT2D eigenvalue weighted by Gasteiger charge is 2.40. The summed E-state index contributed by atoms with van der Waals surface area (Å²) in [6, 6.07) is 9.87. The zero-order valence-corrected chi connectivity index (χ0v) is 15.4. The molecule has 0 bridgehead atoms. The van der Waals surface area contributed by atoms with Gasteiger partial charge in [0, 0.05) is 11.5 Å². The third-order valence-electron chi connectivity index (χ3n) is 4.75. The molecule has 3 rings (SSSR count). The molecule has 2 aromatic carbocycles. The Labute approximate surface area is 160 Å². The van der Waals surface area contributed by atoms with Gasteiger partial charge < -0.3 is 10.1 Å². The molecule has 1 aliphatic rings. The van der Waals surface area contributed by atoms with Gasteiger partial charge in [-0.3, -0.25) is 14.4 Å². The van der Waals surface area contributed by atoms with Crippen LogP contribution in [0.5, 0.6) is 0 Å². The number of nitrogens with one attached hydrogen (secondary N) is 1. The van der Waals surface area contributed by atoms with Gasteiger partial charge in [-0.2, -0.15) is 0 Å². The Morgan fingerprint density at radius 1 is 1.11 bits per heavy atom. The summed E-state index contributed by atoms with van der Waals surface area (Å²) in [6.45, 7) is 3.36. The van der Waals surface area contributed by atoms with Crippen LogP contribution < -0.4 is 5.32 Å². The first-order chi connectivity index (χ1) is 13.2. The van der Waals surface area contributed by atoms with E-state index < -0.39 is 34.4 Å². The van der Waals surface area contributed by atoms with Crippen molar-refractivity contribution >= 4 is 18.2 Å². The number of halogens is 2. The highest BCUT2D eigenvalue weighted by atomic mass is 19.1. The number of benzene rings is 2. The van der Waals surface area contributed by atoms with Crippen molar-refractivity contribution in [2.45, 2.75) is 37.8 Å². The van der Waals surface area contributed by atoms with Gasteiger partial charge in [0.1, 0.15) is 23.3 Å². The van der Waals surface area contributed by atoms with Crippen molar-refractivity contribution in [3.8, 4) is 0 Å². The summed E-state index contributed by atoms with van der Waals surface area (Å²) in [6.07, 6.45) is 0.604. The molecular weight excluding hydrogens is 368 g/mol. The Kier molecular flexibility index (Phi) is 5.27. The molecule has 2 atom stereocenters. The zero-order valence-electron chi connectivity index (χ0n) is 15.4. The van der Waals surface area contributed by atoms with Crippen molar-refractivity contribution in [1.29, 1.82) is 0 Å². The first-order valence-corrected chi connectivity index (χ1v) is 8.75. The summed E-state index contributed by atoms with van der Waals surface area (Å²) in [5.74, 6) is -3.28. The molecule has 0 aromatic heterocycles. The van der Waals surface area contributed by atoms with E-state index in [1.807, 2.05) is 0 Å². The lowest BCUT2D eigenvalue weighted by atomic mass is 9.91. The van der Waals surface area contributed by atoms with Crippen LogP contribution >= 0.6 is 0 Å². The first-order valence-electron chi connectivity index (χ1n) is 8.75. The van der Waals surface area contributed by atoms with Gasteiger partial charge in [0.2, 0.25) is 0 Å². The molecule has 0 aliphatic heterocycles. The first kappa shape index (κ1) is 19.7. The standard InChI is InChI=1S/C21H19F2NO4/c1-21(2,24-20(27)18-15(22)4-3-5-16(18)23)19(26)13-8-6-12(7-9-13)14-10-17(14)28-11-25/h3-9,11,14,17H,10H2,1-2H3,(H,24,27). The molecule has 1 fully saturated rings. The fraction of sp³-hybridized carbons (Fsp3) is 0.286. The van der Waals surface area contributed by atoms with Crippen molar-refractivity contribution in [2.24, 2.45) is 0 Å². The fourth-order valence-corrected chi connectivity index (χ4v) is 3.10. The number of hydrogen-bond donors (Lipinski definition) is 1. The molecule has 0 spiro atoms. The van der Waals surface area contributed by atoms with Crippen LogP contribution in [0, 0.1) is 11.6 Å². The predicted molar refractivity (Wildman–Crippen MR) is 97.0 cm³/mol. The topological polar surface area (TPSA) is 72.5 Å². The second kappa shape index (κ2) is 7.50. The summed E-state index contributed by atoms with van der Waals surface area (Å²) in [4.78, 5) is 35.5. The van der Waals surface area contributed by atoms with Gasteiger partial charge in [-0.1, -0.05) is 30.3 Å². The van der Waals surface area contributed by atoms with Gasteiger partial charge in [0.05, 0.1) is 5.54 Å². The van der Waals surface area contributed by atoms with Crippen LogP contribution in [0.2, 0.25) is 0 Å². The van der Waals surface area contributed by atoms with Crippen LogP contribution in [-0.4, -0.2) is 29.8 Å². The summed E-state index contributed by atoms with van der Waals surface area (Å²) in [7, 11) is 0. The van der Waals surface area contributed by atoms with Crippen molar-refractivity contribution < 1.29 is 27.9 Å². The maximum atomic E-state index is 13.8. The minimum atomic E-state index is -1.38. The quantitative estimate of drug-likeness (QED) is 0.584. The van der Waals surface area contributed by atoms with Gasteiger partial charge >= 0.3 is 0 Å². The van der Waals surface area contributed by atoms with E-state index in [2.05, 4.69) is 5.32 Å². The maximum absolute atomic E-state index is 13.8. The molecule has 1 aliphatic carbocycles. The fourth-order valence-electron chi connectivity index (χ4n) is 3.10. The summed E-state index contributed by atoms with van der Waals surface area (Å²) < 4.78 is 32.5. The van der Waals surface area contributed by atoms with Crippen molar-refractivity contribution in [2.75, 3.05) is 0 Å². The highest BCUT2D eigenvalue weighted by Crippen LogP contribution is 2.43. The van der Waals surface area contributed by atoms with Gasteiger partial charge in [0.25, 0.3) is 12.4 Å². The molecule has 0 saturated heterocycles. The second-order valence-corrected chi connectivity index (χ2v) is 7.24. The Balaban J connectivity index is 1.72. The summed E-state index contributed by atoms with van der Waals surface area (Å²) >= 11 is 0. The van der Waals surface area contributed by atoms with Crippen LogP contribution in [-0.2, 0) is 9.53 Å². The van der Waals surface area contributed by atoms with Crippen molar-refractivity contribution in [3.63, 3.8) is 0 Å². The average Bonchev–Trinajstić information content (AvgIpc) is 3.40. The minimum absolute atomic E-state index is 0.117. The van der Waals surface area contributed by atoms with E-state index in [9.17, 15) is 23.2 Å². The lowest BCUT2D eigenvalue weighted by molar-refractivity contribution is -0.129. The van der Waals surface area contributed by atoms with Crippen molar-refractivity contribution in [3.05, 3.63) is 70.8 Å². The zero-order chi connectivity index (χ0) is 20.5. The lowest BCUT2D eigenvalue weighted by Gasteiger charge is -2.25. The minimum Gasteiger partial charge on any atom is -0.464 e. The Bertz CT molecular complexity index is 904. The Morgan fingerprint density at radius 2 is 1.71 bits per heavy atom. The maximum Gasteiger partial charge on any atom is 0.293 e. The molecular formula is C21H19F2NO4. The Hall–Kier alpha value is -3.09. The molecule has 2 aromatic rings. The number of amides is 1. The van der Waals surface area contributed by atoms with Gasteiger partial charge in [0.15, 0.2) is 5.78 Å². The highest BCUT2D eigenvalue weighted by molar-refractivity contribution is 6.06. The lowest BCUT2D eigenvalue weighted by Crippen LogP contribution is -2.50. The van der Waals surface area contributed by atoms with E-state index in [0.29, 0.717) is 12.0 Å². The van der Waals surface area contributed by atoms with Gasteiger partial charge in [-0.15, -0.1) is 0 Å². The molecule has 1 amide bonds. The number of carbonyl (C=O) groups excluding carboxylic acids is 3. The third-order valence-corrected chi connectivity index (χ3v) is 4.75. The molecule has 7 heteroatoms. The summed E-state index contributed by atoms with van der Waals surface area (Å²) in [5, 5.41) is 2.40. The molecule has 1 N–H and O–H groups in total. The van der Waals surface area contributed by atoms with E-state index in [0.717, 1.165) is 30.2 Å². The monoisotopic (exact) mass is 387 g/mol. The largest absolute Gasteiger partial charge is 0.464 e. The smallest absolute Gasteiger partial charge is 0.293 e. The molecule has 2 unspecified atom stereocenters. The second-order valence-electron chi connectivity index (χ2n) is 7.24. The van der Waals surface area contributed by atoms with E-state index in [-0.39, 0.29) is 12.0 Å². The predicted octanol–water partition coefficient (Wildman–Crippen LogP) is 3.39. The van der Waals surface area contributed by atoms with E-state index in [4.69, 9.17) is 4.74 Å². The van der Waals surface area contributed by atoms with Crippen LogP contribution in [0.25, 0.3) is 0 Å². The number of Topliss-reactive ketones (excluding diaryl/α,β-unsaturated/α-hetero) is 1. The molecule has 5 nitrogen and oxygen atoms in total. The normalized spacial score (nSPS) is 18.3.